The standard InChI is InChI=1S/C19H26N4O5S/c1-4-10-29(27,28)22-15-7-5-6-14(12(15)2)20-16(24)11-23-17(25)19(3,13-8-9-13)21-18(23)26/h5-7,13,22H,4,8-11H2,1-3H3,(H,20,24)(H,21,26). The van der Waals surface area contributed by atoms with Crippen molar-refractivity contribution in [1.29, 1.82) is 0 Å². The molecule has 0 radical (unpaired) electrons. The lowest BCUT2D eigenvalue weighted by Crippen LogP contribution is -2.46. The van der Waals surface area contributed by atoms with Crippen molar-refractivity contribution in [2.45, 2.75) is 45.6 Å². The summed E-state index contributed by atoms with van der Waals surface area (Å²) in [6.45, 7) is 4.74. The van der Waals surface area contributed by atoms with E-state index in [1.54, 1.807) is 39.0 Å². The highest BCUT2D eigenvalue weighted by Gasteiger charge is 2.56. The van der Waals surface area contributed by atoms with E-state index in [1.165, 1.54) is 0 Å². The van der Waals surface area contributed by atoms with E-state index < -0.39 is 40.0 Å². The Morgan fingerprint density at radius 1 is 1.28 bits per heavy atom. The molecule has 0 aromatic heterocycles. The van der Waals surface area contributed by atoms with Crippen LogP contribution in [0.5, 0.6) is 0 Å². The summed E-state index contributed by atoms with van der Waals surface area (Å²) in [6.07, 6.45) is 2.24. The smallest absolute Gasteiger partial charge is 0.324 e. The van der Waals surface area contributed by atoms with Crippen LogP contribution < -0.4 is 15.4 Å². The van der Waals surface area contributed by atoms with Crippen molar-refractivity contribution < 1.29 is 22.8 Å². The Labute approximate surface area is 170 Å². The molecule has 0 spiro atoms. The molecule has 1 heterocycles. The molecule has 4 amide bonds. The van der Waals surface area contributed by atoms with Crippen molar-refractivity contribution in [2.75, 3.05) is 22.3 Å². The quantitative estimate of drug-likeness (QED) is 0.551. The van der Waals surface area contributed by atoms with E-state index in [-0.39, 0.29) is 11.7 Å². The molecule has 1 atom stereocenters. The highest BCUT2D eigenvalue weighted by atomic mass is 32.2. The molecule has 3 N–H and O–H groups in total. The molecule has 1 aromatic carbocycles. The molecule has 1 unspecified atom stereocenters. The van der Waals surface area contributed by atoms with Crippen LogP contribution in [0.3, 0.4) is 0 Å². The Kier molecular flexibility index (Phi) is 5.57. The van der Waals surface area contributed by atoms with Gasteiger partial charge < -0.3 is 10.6 Å². The molecule has 10 heteroatoms. The number of hydrogen-bond donors (Lipinski definition) is 3. The maximum absolute atomic E-state index is 12.6. The number of carbonyl (C=O) groups excluding carboxylic acids is 3. The highest BCUT2D eigenvalue weighted by molar-refractivity contribution is 7.92. The predicted octanol–water partition coefficient (Wildman–Crippen LogP) is 1.81. The third-order valence-corrected chi connectivity index (χ3v) is 6.82. The van der Waals surface area contributed by atoms with Crippen LogP contribution in [0.2, 0.25) is 0 Å². The minimum atomic E-state index is -3.47. The Morgan fingerprint density at radius 3 is 2.55 bits per heavy atom. The van der Waals surface area contributed by atoms with Crippen LogP contribution in [0, 0.1) is 12.8 Å². The van der Waals surface area contributed by atoms with Crippen molar-refractivity contribution in [3.63, 3.8) is 0 Å². The average molecular weight is 423 g/mol. The van der Waals surface area contributed by atoms with Crippen LogP contribution in [0.4, 0.5) is 16.2 Å². The molecule has 1 saturated heterocycles. The number of carbonyl (C=O) groups is 3. The van der Waals surface area contributed by atoms with Crippen LogP contribution in [-0.2, 0) is 19.6 Å². The average Bonchev–Trinajstić information content (AvgIpc) is 3.44. The summed E-state index contributed by atoms with van der Waals surface area (Å²) in [4.78, 5) is 38.2. The molecule has 3 rings (SSSR count). The number of imide groups is 1. The third kappa shape index (κ3) is 4.36. The summed E-state index contributed by atoms with van der Waals surface area (Å²) >= 11 is 0. The van der Waals surface area contributed by atoms with E-state index in [2.05, 4.69) is 15.4 Å². The number of anilines is 2. The van der Waals surface area contributed by atoms with E-state index in [1.807, 2.05) is 0 Å². The molecule has 2 fully saturated rings. The summed E-state index contributed by atoms with van der Waals surface area (Å²) in [5.74, 6) is -0.820. The number of amides is 4. The second kappa shape index (κ2) is 7.66. The zero-order valence-electron chi connectivity index (χ0n) is 16.7. The normalized spacial score (nSPS) is 21.8. The van der Waals surface area contributed by atoms with Gasteiger partial charge in [0, 0.05) is 5.69 Å². The first kappa shape index (κ1) is 21.1. The van der Waals surface area contributed by atoms with E-state index >= 15 is 0 Å². The summed E-state index contributed by atoms with van der Waals surface area (Å²) in [7, 11) is -3.47. The lowest BCUT2D eigenvalue weighted by atomic mass is 9.96. The van der Waals surface area contributed by atoms with Crippen molar-refractivity contribution >= 4 is 39.2 Å². The molecule has 2 aliphatic rings. The first-order valence-corrected chi connectivity index (χ1v) is 11.3. The number of nitrogens with one attached hydrogen (secondary N) is 3. The van der Waals surface area contributed by atoms with Gasteiger partial charge in [-0.1, -0.05) is 13.0 Å². The minimum Gasteiger partial charge on any atom is -0.324 e. The Balaban J connectivity index is 1.69. The Bertz CT molecular complexity index is 957. The molecule has 1 aliphatic carbocycles. The van der Waals surface area contributed by atoms with Gasteiger partial charge in [-0.05, 0) is 56.7 Å². The Hall–Kier alpha value is -2.62. The molecule has 0 bridgehead atoms. The number of nitrogens with zero attached hydrogens (tertiary/aromatic N) is 1. The summed E-state index contributed by atoms with van der Waals surface area (Å²) < 4.78 is 26.6. The van der Waals surface area contributed by atoms with Crippen LogP contribution in [0.1, 0.15) is 38.7 Å². The molecular weight excluding hydrogens is 396 g/mol. The number of rotatable bonds is 8. The molecule has 1 saturated carbocycles. The van der Waals surface area contributed by atoms with Crippen LogP contribution in [-0.4, -0.2) is 49.0 Å². The topological polar surface area (TPSA) is 125 Å². The highest BCUT2D eigenvalue weighted by Crippen LogP contribution is 2.42. The molecule has 1 aromatic rings. The second-order valence-electron chi connectivity index (χ2n) is 7.75. The van der Waals surface area contributed by atoms with Gasteiger partial charge in [0.05, 0.1) is 11.4 Å². The predicted molar refractivity (Wildman–Crippen MR) is 109 cm³/mol. The molecule has 1 aliphatic heterocycles. The first-order valence-electron chi connectivity index (χ1n) is 9.61. The van der Waals surface area contributed by atoms with Crippen LogP contribution in [0.15, 0.2) is 18.2 Å². The molecular formula is C19H26N4O5S. The van der Waals surface area contributed by atoms with Crippen molar-refractivity contribution in [3.8, 4) is 0 Å². The van der Waals surface area contributed by atoms with E-state index in [0.29, 0.717) is 23.4 Å². The maximum atomic E-state index is 12.6. The summed E-state index contributed by atoms with van der Waals surface area (Å²) in [5.41, 5.74) is 0.377. The third-order valence-electron chi connectivity index (χ3n) is 5.34. The Morgan fingerprint density at radius 2 is 1.93 bits per heavy atom. The van der Waals surface area contributed by atoms with Crippen LogP contribution >= 0.6 is 0 Å². The fourth-order valence-electron chi connectivity index (χ4n) is 3.50. The van der Waals surface area contributed by atoms with Gasteiger partial charge in [0.1, 0.15) is 12.1 Å². The van der Waals surface area contributed by atoms with Gasteiger partial charge in [-0.15, -0.1) is 0 Å². The summed E-state index contributed by atoms with van der Waals surface area (Å²) in [6, 6.07) is 4.28. The molecule has 29 heavy (non-hydrogen) atoms. The van der Waals surface area contributed by atoms with Gasteiger partial charge in [-0.2, -0.15) is 0 Å². The lowest BCUT2D eigenvalue weighted by molar-refractivity contribution is -0.134. The van der Waals surface area contributed by atoms with Gasteiger partial charge >= 0.3 is 6.03 Å². The van der Waals surface area contributed by atoms with Crippen LogP contribution in [0.25, 0.3) is 0 Å². The molecule has 158 valence electrons. The van der Waals surface area contributed by atoms with E-state index in [4.69, 9.17) is 0 Å². The number of sulfonamides is 1. The largest absolute Gasteiger partial charge is 0.325 e. The SMILES string of the molecule is CCCS(=O)(=O)Nc1cccc(NC(=O)CN2C(=O)NC(C)(C3CC3)C2=O)c1C. The second-order valence-corrected chi connectivity index (χ2v) is 9.59. The molecule has 9 nitrogen and oxygen atoms in total. The number of hydrogen-bond acceptors (Lipinski definition) is 5. The summed E-state index contributed by atoms with van der Waals surface area (Å²) in [5, 5.41) is 5.36. The lowest BCUT2D eigenvalue weighted by Gasteiger charge is -2.21. The fourth-order valence-corrected chi connectivity index (χ4v) is 4.69. The number of urea groups is 1. The fraction of sp³-hybridized carbons (Fsp3) is 0.526. The zero-order valence-corrected chi connectivity index (χ0v) is 17.6. The van der Waals surface area contributed by atoms with Gasteiger partial charge in [-0.3, -0.25) is 19.2 Å². The van der Waals surface area contributed by atoms with Gasteiger partial charge in [0.25, 0.3) is 5.91 Å². The monoisotopic (exact) mass is 422 g/mol. The van der Waals surface area contributed by atoms with Gasteiger partial charge in [-0.25, -0.2) is 13.2 Å². The maximum Gasteiger partial charge on any atom is 0.325 e. The van der Waals surface area contributed by atoms with Gasteiger partial charge in [0.2, 0.25) is 15.9 Å². The minimum absolute atomic E-state index is 0.00499. The van der Waals surface area contributed by atoms with Crippen molar-refractivity contribution in [1.82, 2.24) is 10.2 Å². The van der Waals surface area contributed by atoms with E-state index in [9.17, 15) is 22.8 Å². The van der Waals surface area contributed by atoms with E-state index in [0.717, 1.165) is 17.7 Å². The zero-order chi connectivity index (χ0) is 21.4. The first-order chi connectivity index (χ1) is 13.6. The van der Waals surface area contributed by atoms with Gasteiger partial charge in [0.15, 0.2) is 0 Å². The number of benzene rings is 1. The van der Waals surface area contributed by atoms with Crippen molar-refractivity contribution in [3.05, 3.63) is 23.8 Å². The van der Waals surface area contributed by atoms with Crippen molar-refractivity contribution in [2.24, 2.45) is 5.92 Å².